The number of methoxy groups -OCH3 is 4. The number of carbonyl (C=O) groups is 2. The smallest absolute Gasteiger partial charge is 0.330 e. The number of aliphatic hydroxyl groups excluding tert-OH is 1. The molecule has 0 radical (unpaired) electrons. The molecule has 4 aliphatic carbocycles. The Morgan fingerprint density at radius 1 is 0.667 bits per heavy atom. The van der Waals surface area contributed by atoms with Gasteiger partial charge in [-0.2, -0.15) is 0 Å². The fourth-order valence-corrected chi connectivity index (χ4v) is 14.6. The van der Waals surface area contributed by atoms with E-state index < -0.39 is 144 Å². The molecule has 0 aromatic carbocycles. The van der Waals surface area contributed by atoms with Gasteiger partial charge in [0, 0.05) is 66.1 Å². The largest absolute Gasteiger partial charge is 0.458 e. The zero-order valence-corrected chi connectivity index (χ0v) is 46.9. The Morgan fingerprint density at radius 2 is 1.13 bits per heavy atom. The standard InChI is InChI=1S/C56H90O19/c1-28(2)29(3)21-43(58)72-42-27-41-52(9)17-16-36(22-35(52)15-18-55(41,61)56(62)20-19-54(60,34(8)57)53(42,56)10)71-44-24-38(64-12)49(31(5)68-44)74-46-26-40(66-14)51(33(7)70-46)75-47-25-39(65-13)50(32(6)69-47)73-45-23-37(63-11)48(59)30(4)67-45/h15,21,28,30-33,36-42,44-51,59-62H,16-20,22-27H2,1-14H3/b29-21+/t30-,31-,32-,33-,36+,37-,38+,39-,40-,41-,42-,44+,45+,46+,47+,48-,49-,50-,51-,52+,53-,54-,55+,56-/m1/s1. The van der Waals surface area contributed by atoms with Crippen molar-refractivity contribution >= 4 is 11.8 Å². The quantitative estimate of drug-likeness (QED) is 0.0892. The van der Waals surface area contributed by atoms with Crippen molar-refractivity contribution in [2.45, 2.75) is 267 Å². The van der Waals surface area contributed by atoms with E-state index in [0.717, 1.165) is 11.1 Å². The van der Waals surface area contributed by atoms with Crippen molar-refractivity contribution in [3.05, 3.63) is 23.3 Å². The number of ether oxygens (including phenoxy) is 13. The highest BCUT2D eigenvalue weighted by atomic mass is 16.8. The Morgan fingerprint density at radius 3 is 1.60 bits per heavy atom. The predicted molar refractivity (Wildman–Crippen MR) is 269 cm³/mol. The molecule has 8 aliphatic rings. The summed E-state index contributed by atoms with van der Waals surface area (Å²) < 4.78 is 81.6. The second-order valence-electron chi connectivity index (χ2n) is 23.9. The van der Waals surface area contributed by atoms with Crippen molar-refractivity contribution in [1.82, 2.24) is 0 Å². The molecule has 4 aliphatic heterocycles. The van der Waals surface area contributed by atoms with Crippen LogP contribution in [0, 0.1) is 22.7 Å². The van der Waals surface area contributed by atoms with Gasteiger partial charge in [-0.05, 0) is 105 Å². The predicted octanol–water partition coefficient (Wildman–Crippen LogP) is 5.12. The van der Waals surface area contributed by atoms with Gasteiger partial charge in [-0.25, -0.2) is 4.79 Å². The van der Waals surface area contributed by atoms with Gasteiger partial charge in [0.15, 0.2) is 30.9 Å². The van der Waals surface area contributed by atoms with Crippen LogP contribution in [0.4, 0.5) is 0 Å². The second-order valence-corrected chi connectivity index (χ2v) is 23.9. The highest BCUT2D eigenvalue weighted by Crippen LogP contribution is 2.71. The SMILES string of the molecule is CO[C@H]1C[C@H](O[C@H]2CC[C@@]3(C)C(=CC[C@]4(O)[C@@H]3C[C@@H](OC(=O)/C=C(\C)C(C)C)[C@@]3(C)[C@]4(O)CC[C@@]3(O)C(C)=O)C2)O[C@H](C)[C@H]1O[C@H]1C[C@@H](OC)[C@H](O[C@H]2C[C@@H](OC)[C@H](O[C@H]3C[C@@H](OC)[C@H](O)[C@@H](C)O3)[C@@H](C)O2)[C@@H](C)O1. The summed E-state index contributed by atoms with van der Waals surface area (Å²) in [6, 6.07) is 0. The molecule has 8 rings (SSSR count). The van der Waals surface area contributed by atoms with Crippen molar-refractivity contribution < 1.29 is 91.6 Å². The minimum atomic E-state index is -2.02. The number of hydrogen-bond acceptors (Lipinski definition) is 19. The molecule has 4 N–H and O–H groups in total. The number of Topliss-reactive ketones (excluding diaryl/α,β-unsaturated/α-hetero) is 1. The average Bonchev–Trinajstić information content (AvgIpc) is 3.60. The molecule has 3 saturated carbocycles. The number of carbonyl (C=O) groups excluding carboxylic acids is 2. The van der Waals surface area contributed by atoms with Gasteiger partial charge in [0.25, 0.3) is 0 Å². The third-order valence-electron chi connectivity index (χ3n) is 19.6. The van der Waals surface area contributed by atoms with Crippen molar-refractivity contribution in [1.29, 1.82) is 0 Å². The van der Waals surface area contributed by atoms with Crippen molar-refractivity contribution in [2.24, 2.45) is 22.7 Å². The molecule has 4 saturated heterocycles. The van der Waals surface area contributed by atoms with Gasteiger partial charge < -0.3 is 82.0 Å². The first-order chi connectivity index (χ1) is 35.3. The Bertz CT molecular complexity index is 2070. The number of allylic oxidation sites excluding steroid dienone is 1. The molecule has 0 aromatic rings. The van der Waals surface area contributed by atoms with Gasteiger partial charge in [-0.1, -0.05) is 38.0 Å². The van der Waals surface area contributed by atoms with E-state index >= 15 is 0 Å². The fraction of sp³-hybridized carbons (Fsp3) is 0.893. The summed E-state index contributed by atoms with van der Waals surface area (Å²) in [5.74, 6) is -1.61. The Hall–Kier alpha value is -2.02. The summed E-state index contributed by atoms with van der Waals surface area (Å²) in [5.41, 5.74) is -6.10. The van der Waals surface area contributed by atoms with E-state index in [1.807, 2.05) is 47.6 Å². The highest BCUT2D eigenvalue weighted by molar-refractivity contribution is 5.87. The van der Waals surface area contributed by atoms with E-state index in [9.17, 15) is 30.0 Å². The van der Waals surface area contributed by atoms with Crippen molar-refractivity contribution in [2.75, 3.05) is 28.4 Å². The molecule has 0 unspecified atom stereocenters. The first-order valence-corrected chi connectivity index (χ1v) is 27.6. The van der Waals surface area contributed by atoms with Gasteiger partial charge in [-0.3, -0.25) is 4.79 Å². The molecule has 19 nitrogen and oxygen atoms in total. The van der Waals surface area contributed by atoms with E-state index in [0.29, 0.717) is 44.9 Å². The monoisotopic (exact) mass is 1070 g/mol. The summed E-state index contributed by atoms with van der Waals surface area (Å²) >= 11 is 0. The second kappa shape index (κ2) is 22.8. The van der Waals surface area contributed by atoms with Crippen LogP contribution in [0.5, 0.6) is 0 Å². The van der Waals surface area contributed by atoms with Crippen molar-refractivity contribution in [3.63, 3.8) is 0 Å². The van der Waals surface area contributed by atoms with Gasteiger partial charge in [0.1, 0.15) is 47.3 Å². The van der Waals surface area contributed by atoms with Crippen LogP contribution in [-0.4, -0.2) is 188 Å². The molecule has 75 heavy (non-hydrogen) atoms. The van der Waals surface area contributed by atoms with E-state index in [-0.39, 0.29) is 43.8 Å². The number of aliphatic hydroxyl groups is 4. The minimum Gasteiger partial charge on any atom is -0.458 e. The molecular formula is C56H90O19. The number of hydrogen-bond donors (Lipinski definition) is 4. The third-order valence-corrected chi connectivity index (χ3v) is 19.6. The van der Waals surface area contributed by atoms with Crippen LogP contribution in [0.3, 0.4) is 0 Å². The van der Waals surface area contributed by atoms with Crippen LogP contribution in [0.2, 0.25) is 0 Å². The summed E-state index contributed by atoms with van der Waals surface area (Å²) in [6.07, 6.45) is -2.49. The van der Waals surface area contributed by atoms with Crippen LogP contribution in [0.1, 0.15) is 140 Å². The molecule has 0 spiro atoms. The first kappa shape index (κ1) is 59.1. The lowest BCUT2D eigenvalue weighted by atomic mass is 9.42. The normalized spacial score (nSPS) is 49.3. The molecule has 0 bridgehead atoms. The molecule has 4 heterocycles. The Balaban J connectivity index is 0.877. The van der Waals surface area contributed by atoms with Gasteiger partial charge >= 0.3 is 5.97 Å². The molecular weight excluding hydrogens is 977 g/mol. The highest BCUT2D eigenvalue weighted by Gasteiger charge is 2.81. The molecule has 7 fully saturated rings. The van der Waals surface area contributed by atoms with E-state index in [2.05, 4.69) is 6.92 Å². The Kier molecular flexibility index (Phi) is 18.0. The maximum absolute atomic E-state index is 13.6. The number of esters is 1. The summed E-state index contributed by atoms with van der Waals surface area (Å²) in [4.78, 5) is 26.9. The van der Waals surface area contributed by atoms with Gasteiger partial charge in [-0.15, -0.1) is 0 Å². The zero-order chi connectivity index (χ0) is 54.7. The van der Waals surface area contributed by atoms with Gasteiger partial charge in [0.2, 0.25) is 0 Å². The maximum atomic E-state index is 13.6. The van der Waals surface area contributed by atoms with Gasteiger partial charge in [0.05, 0.1) is 60.4 Å². The van der Waals surface area contributed by atoms with Crippen LogP contribution in [0.15, 0.2) is 23.3 Å². The maximum Gasteiger partial charge on any atom is 0.330 e. The number of ketones is 1. The molecule has 0 amide bonds. The van der Waals surface area contributed by atoms with Crippen LogP contribution < -0.4 is 0 Å². The molecule has 19 heteroatoms. The minimum absolute atomic E-state index is 0.0344. The van der Waals surface area contributed by atoms with E-state index in [4.69, 9.17) is 61.6 Å². The average molecular weight is 1070 g/mol. The Labute approximate surface area is 443 Å². The summed E-state index contributed by atoms with van der Waals surface area (Å²) in [6.45, 7) is 18.4. The fourth-order valence-electron chi connectivity index (χ4n) is 14.6. The first-order valence-electron chi connectivity index (χ1n) is 27.6. The van der Waals surface area contributed by atoms with Crippen LogP contribution >= 0.6 is 0 Å². The summed E-state index contributed by atoms with van der Waals surface area (Å²) in [5, 5.41) is 48.5. The van der Waals surface area contributed by atoms with Crippen LogP contribution in [0.25, 0.3) is 0 Å². The van der Waals surface area contributed by atoms with Crippen molar-refractivity contribution in [3.8, 4) is 0 Å². The molecule has 428 valence electrons. The zero-order valence-electron chi connectivity index (χ0n) is 46.9. The molecule has 24 atom stereocenters. The molecule has 0 aromatic heterocycles. The number of rotatable bonds is 16. The summed E-state index contributed by atoms with van der Waals surface area (Å²) in [7, 11) is 6.49. The lowest BCUT2D eigenvalue weighted by Gasteiger charge is -2.67. The number of fused-ring (bicyclic) bond motifs is 5. The third kappa shape index (κ3) is 10.6. The topological polar surface area (TPSA) is 235 Å². The van der Waals surface area contributed by atoms with E-state index in [1.54, 1.807) is 42.3 Å². The lowest BCUT2D eigenvalue weighted by Crippen LogP contribution is -2.78. The lowest BCUT2D eigenvalue weighted by molar-refractivity contribution is -0.347. The van der Waals surface area contributed by atoms with Crippen LogP contribution in [-0.2, 0) is 71.2 Å². The van der Waals surface area contributed by atoms with E-state index in [1.165, 1.54) is 13.0 Å².